The minimum atomic E-state index is 0.988. The Hall–Kier alpha value is -1.07. The summed E-state index contributed by atoms with van der Waals surface area (Å²) in [5.41, 5.74) is 1.30. The zero-order valence-corrected chi connectivity index (χ0v) is 14.1. The molecular weight excluding hydrogens is 382 g/mol. The van der Waals surface area contributed by atoms with Crippen molar-refractivity contribution >= 4 is 43.4 Å². The standard InChI is InChI=1S/C15H15Br2N3/c16-12-10-14(17)15(18-11-12)20-8-6-19(7-9-20)13-4-2-1-3-5-13/h1-5,10-11H,6-9H2. The van der Waals surface area contributed by atoms with Crippen molar-refractivity contribution in [3.05, 3.63) is 51.5 Å². The first-order chi connectivity index (χ1) is 9.74. The van der Waals surface area contributed by atoms with Gasteiger partial charge in [0.25, 0.3) is 0 Å². The molecule has 1 aromatic heterocycles. The Morgan fingerprint density at radius 2 is 1.55 bits per heavy atom. The van der Waals surface area contributed by atoms with Gasteiger partial charge in [0.2, 0.25) is 0 Å². The average molecular weight is 397 g/mol. The number of hydrogen-bond acceptors (Lipinski definition) is 3. The molecule has 1 aliphatic rings. The highest BCUT2D eigenvalue weighted by Crippen LogP contribution is 2.28. The third-order valence-corrected chi connectivity index (χ3v) is 4.51. The average Bonchev–Trinajstić information content (AvgIpc) is 2.48. The van der Waals surface area contributed by atoms with Gasteiger partial charge in [-0.3, -0.25) is 0 Å². The van der Waals surface area contributed by atoms with Gasteiger partial charge in [0.15, 0.2) is 0 Å². The largest absolute Gasteiger partial charge is 0.368 e. The fourth-order valence-corrected chi connectivity index (χ4v) is 3.69. The summed E-state index contributed by atoms with van der Waals surface area (Å²) in [6.45, 7) is 4.02. The molecule has 5 heteroatoms. The van der Waals surface area contributed by atoms with Crippen molar-refractivity contribution in [2.24, 2.45) is 0 Å². The summed E-state index contributed by atoms with van der Waals surface area (Å²) < 4.78 is 2.04. The fourth-order valence-electron chi connectivity index (χ4n) is 2.46. The van der Waals surface area contributed by atoms with E-state index in [1.54, 1.807) is 0 Å². The predicted octanol–water partition coefficient (Wildman–Crippen LogP) is 3.93. The number of aromatic nitrogens is 1. The molecule has 3 rings (SSSR count). The minimum Gasteiger partial charge on any atom is -0.368 e. The molecule has 1 aliphatic heterocycles. The molecule has 0 unspecified atom stereocenters. The number of para-hydroxylation sites is 1. The SMILES string of the molecule is Brc1cnc(N2CCN(c3ccccc3)CC2)c(Br)c1. The molecule has 1 fully saturated rings. The highest BCUT2D eigenvalue weighted by atomic mass is 79.9. The van der Waals surface area contributed by atoms with Crippen molar-refractivity contribution in [3.63, 3.8) is 0 Å². The van der Waals surface area contributed by atoms with Crippen LogP contribution in [0.4, 0.5) is 11.5 Å². The molecule has 0 atom stereocenters. The number of piperazine rings is 1. The topological polar surface area (TPSA) is 19.4 Å². The Kier molecular flexibility index (Phi) is 4.27. The molecule has 0 saturated carbocycles. The van der Waals surface area contributed by atoms with Crippen molar-refractivity contribution < 1.29 is 0 Å². The van der Waals surface area contributed by atoms with Crippen LogP contribution in [0.1, 0.15) is 0 Å². The summed E-state index contributed by atoms with van der Waals surface area (Å²) in [6, 6.07) is 12.6. The van der Waals surface area contributed by atoms with Gasteiger partial charge < -0.3 is 9.80 Å². The summed E-state index contributed by atoms with van der Waals surface area (Å²) in [4.78, 5) is 9.26. The van der Waals surface area contributed by atoms with E-state index in [1.807, 2.05) is 12.3 Å². The first-order valence-electron chi connectivity index (χ1n) is 6.60. The van der Waals surface area contributed by atoms with Crippen LogP contribution in [-0.4, -0.2) is 31.2 Å². The lowest BCUT2D eigenvalue weighted by Crippen LogP contribution is -2.46. The van der Waals surface area contributed by atoms with E-state index in [9.17, 15) is 0 Å². The number of pyridine rings is 1. The van der Waals surface area contributed by atoms with Gasteiger partial charge in [-0.25, -0.2) is 4.98 Å². The van der Waals surface area contributed by atoms with Gasteiger partial charge in [0.05, 0.1) is 4.47 Å². The third-order valence-electron chi connectivity index (χ3n) is 3.49. The quantitative estimate of drug-likeness (QED) is 0.766. The monoisotopic (exact) mass is 395 g/mol. The van der Waals surface area contributed by atoms with Crippen molar-refractivity contribution in [1.29, 1.82) is 0 Å². The molecule has 0 aliphatic carbocycles. The van der Waals surface area contributed by atoms with Gasteiger partial charge in [-0.05, 0) is 50.1 Å². The van der Waals surface area contributed by atoms with Crippen LogP contribution < -0.4 is 9.80 Å². The first-order valence-corrected chi connectivity index (χ1v) is 8.18. The van der Waals surface area contributed by atoms with E-state index in [0.717, 1.165) is 40.9 Å². The zero-order valence-electron chi connectivity index (χ0n) is 11.0. The van der Waals surface area contributed by atoms with Gasteiger partial charge in [0.1, 0.15) is 5.82 Å². The number of benzene rings is 1. The first kappa shape index (κ1) is 13.9. The third kappa shape index (κ3) is 2.99. The molecule has 0 spiro atoms. The van der Waals surface area contributed by atoms with Gasteiger partial charge in [-0.1, -0.05) is 18.2 Å². The molecule has 0 radical (unpaired) electrons. The van der Waals surface area contributed by atoms with Crippen LogP contribution in [0.25, 0.3) is 0 Å². The molecular formula is C15H15Br2N3. The van der Waals surface area contributed by atoms with Gasteiger partial charge >= 0.3 is 0 Å². The van der Waals surface area contributed by atoms with E-state index in [2.05, 4.69) is 77.0 Å². The van der Waals surface area contributed by atoms with E-state index in [1.165, 1.54) is 5.69 Å². The number of anilines is 2. The van der Waals surface area contributed by atoms with Crippen LogP contribution in [0.15, 0.2) is 51.5 Å². The maximum Gasteiger partial charge on any atom is 0.143 e. The van der Waals surface area contributed by atoms with Gasteiger partial charge in [0, 0.05) is 42.5 Å². The van der Waals surface area contributed by atoms with Crippen LogP contribution in [0.5, 0.6) is 0 Å². The van der Waals surface area contributed by atoms with E-state index < -0.39 is 0 Å². The summed E-state index contributed by atoms with van der Waals surface area (Å²) in [6.07, 6.45) is 1.85. The molecule has 1 saturated heterocycles. The van der Waals surface area contributed by atoms with Gasteiger partial charge in [-0.2, -0.15) is 0 Å². The minimum absolute atomic E-state index is 0.988. The maximum absolute atomic E-state index is 4.51. The molecule has 2 aromatic rings. The smallest absolute Gasteiger partial charge is 0.143 e. The van der Waals surface area contributed by atoms with Crippen molar-refractivity contribution in [1.82, 2.24) is 4.98 Å². The van der Waals surface area contributed by atoms with Crippen molar-refractivity contribution in [2.45, 2.75) is 0 Å². The summed E-state index contributed by atoms with van der Waals surface area (Å²) in [7, 11) is 0. The highest BCUT2D eigenvalue weighted by Gasteiger charge is 2.19. The van der Waals surface area contributed by atoms with E-state index in [0.29, 0.717) is 0 Å². The second kappa shape index (κ2) is 6.14. The second-order valence-corrected chi connectivity index (χ2v) is 6.54. The Bertz CT molecular complexity index is 581. The zero-order chi connectivity index (χ0) is 13.9. The molecule has 104 valence electrons. The number of hydrogen-bond donors (Lipinski definition) is 0. The van der Waals surface area contributed by atoms with Crippen molar-refractivity contribution in [3.8, 4) is 0 Å². The highest BCUT2D eigenvalue weighted by molar-refractivity contribution is 9.11. The maximum atomic E-state index is 4.51. The lowest BCUT2D eigenvalue weighted by Gasteiger charge is -2.37. The normalized spacial score (nSPS) is 15.5. The van der Waals surface area contributed by atoms with E-state index in [-0.39, 0.29) is 0 Å². The van der Waals surface area contributed by atoms with Crippen LogP contribution in [0, 0.1) is 0 Å². The molecule has 3 nitrogen and oxygen atoms in total. The van der Waals surface area contributed by atoms with Crippen LogP contribution in [0.3, 0.4) is 0 Å². The fraction of sp³-hybridized carbons (Fsp3) is 0.267. The molecule has 1 aromatic carbocycles. The molecule has 2 heterocycles. The second-order valence-electron chi connectivity index (χ2n) is 4.77. The van der Waals surface area contributed by atoms with E-state index in [4.69, 9.17) is 0 Å². The Morgan fingerprint density at radius 1 is 0.900 bits per heavy atom. The molecule has 0 N–H and O–H groups in total. The molecule has 0 bridgehead atoms. The van der Waals surface area contributed by atoms with Gasteiger partial charge in [-0.15, -0.1) is 0 Å². The summed E-state index contributed by atoms with van der Waals surface area (Å²) in [5.74, 6) is 1.03. The van der Waals surface area contributed by atoms with Crippen LogP contribution in [0.2, 0.25) is 0 Å². The number of rotatable bonds is 2. The lowest BCUT2D eigenvalue weighted by atomic mass is 10.2. The van der Waals surface area contributed by atoms with Crippen LogP contribution >= 0.6 is 31.9 Å². The van der Waals surface area contributed by atoms with Crippen molar-refractivity contribution in [2.75, 3.05) is 36.0 Å². The van der Waals surface area contributed by atoms with E-state index >= 15 is 0 Å². The molecule has 20 heavy (non-hydrogen) atoms. The number of halogens is 2. The number of nitrogens with zero attached hydrogens (tertiary/aromatic N) is 3. The van der Waals surface area contributed by atoms with Crippen LogP contribution in [-0.2, 0) is 0 Å². The predicted molar refractivity (Wildman–Crippen MR) is 90.5 cm³/mol. The Morgan fingerprint density at radius 3 is 2.20 bits per heavy atom. The Balaban J connectivity index is 1.69. The Labute approximate surface area is 135 Å². The summed E-state index contributed by atoms with van der Waals surface area (Å²) >= 11 is 7.04. The summed E-state index contributed by atoms with van der Waals surface area (Å²) in [5, 5.41) is 0. The molecule has 0 amide bonds. The lowest BCUT2D eigenvalue weighted by molar-refractivity contribution is 0.646.